The Morgan fingerprint density at radius 3 is 2.77 bits per heavy atom. The number of hydrogen-bond acceptors (Lipinski definition) is 5. The van der Waals surface area contributed by atoms with Gasteiger partial charge in [-0.3, -0.25) is 0 Å². The van der Waals surface area contributed by atoms with Crippen LogP contribution in [0.3, 0.4) is 0 Å². The Hall–Kier alpha value is -2.14. The molecule has 0 amide bonds. The minimum absolute atomic E-state index is 0.00353. The maximum Gasteiger partial charge on any atom is 0.216 e. The van der Waals surface area contributed by atoms with E-state index in [4.69, 9.17) is 9.47 Å². The first-order chi connectivity index (χ1) is 12.7. The number of likely N-dealkylation sites (tertiary alicyclic amines) is 1. The highest BCUT2D eigenvalue weighted by atomic mass is 16.5. The van der Waals surface area contributed by atoms with Crippen LogP contribution >= 0.6 is 0 Å². The van der Waals surface area contributed by atoms with Crippen LogP contribution in [-0.4, -0.2) is 46.7 Å². The minimum Gasteiger partial charge on any atom is -0.487 e. The van der Waals surface area contributed by atoms with Gasteiger partial charge in [-0.2, -0.15) is 4.98 Å². The van der Waals surface area contributed by atoms with Gasteiger partial charge in [-0.15, -0.1) is 0 Å². The summed E-state index contributed by atoms with van der Waals surface area (Å²) in [5.74, 6) is 2.33. The van der Waals surface area contributed by atoms with Gasteiger partial charge in [-0.25, -0.2) is 4.98 Å². The van der Waals surface area contributed by atoms with Crippen LogP contribution in [0.4, 0.5) is 0 Å². The molecule has 1 saturated heterocycles. The normalized spacial score (nSPS) is 21.9. The van der Waals surface area contributed by atoms with E-state index in [-0.39, 0.29) is 5.60 Å². The molecule has 3 heterocycles. The maximum atomic E-state index is 6.46. The van der Waals surface area contributed by atoms with Crippen molar-refractivity contribution in [2.75, 3.05) is 20.2 Å². The SMILES string of the molecule is COc1ccnc(-c2ccc3c(c2)CC2(CCN(C4CCC4)CC2)O3)n1. The number of benzene rings is 1. The molecule has 136 valence electrons. The van der Waals surface area contributed by atoms with Crippen molar-refractivity contribution in [1.82, 2.24) is 14.9 Å². The first-order valence-corrected chi connectivity index (χ1v) is 9.68. The molecule has 2 aromatic rings. The summed E-state index contributed by atoms with van der Waals surface area (Å²) in [6.45, 7) is 2.34. The van der Waals surface area contributed by atoms with E-state index in [0.717, 1.165) is 36.6 Å². The number of rotatable bonds is 3. The number of fused-ring (bicyclic) bond motifs is 1. The molecule has 2 fully saturated rings. The summed E-state index contributed by atoms with van der Waals surface area (Å²) >= 11 is 0. The predicted molar refractivity (Wildman–Crippen MR) is 99.5 cm³/mol. The Kier molecular flexibility index (Phi) is 3.85. The van der Waals surface area contributed by atoms with Gasteiger partial charge in [-0.1, -0.05) is 6.42 Å². The van der Waals surface area contributed by atoms with Crippen LogP contribution in [0.2, 0.25) is 0 Å². The van der Waals surface area contributed by atoms with Crippen LogP contribution in [0.1, 0.15) is 37.7 Å². The first-order valence-electron chi connectivity index (χ1n) is 9.68. The molecular weight excluding hydrogens is 326 g/mol. The van der Waals surface area contributed by atoms with E-state index in [1.807, 2.05) is 0 Å². The fourth-order valence-electron chi connectivity index (χ4n) is 4.49. The first kappa shape index (κ1) is 16.1. The molecule has 1 spiro atoms. The zero-order valence-electron chi connectivity index (χ0n) is 15.3. The average molecular weight is 351 g/mol. The number of aromatic nitrogens is 2. The van der Waals surface area contributed by atoms with Crippen molar-refractivity contribution in [3.8, 4) is 23.0 Å². The minimum atomic E-state index is -0.00353. The van der Waals surface area contributed by atoms with Crippen molar-refractivity contribution in [3.05, 3.63) is 36.0 Å². The zero-order valence-corrected chi connectivity index (χ0v) is 15.3. The van der Waals surface area contributed by atoms with Gasteiger partial charge < -0.3 is 14.4 Å². The maximum absolute atomic E-state index is 6.46. The molecule has 1 aliphatic carbocycles. The Morgan fingerprint density at radius 2 is 2.04 bits per heavy atom. The second kappa shape index (κ2) is 6.23. The quantitative estimate of drug-likeness (QED) is 0.847. The summed E-state index contributed by atoms with van der Waals surface area (Å²) in [7, 11) is 1.63. The Morgan fingerprint density at radius 1 is 1.19 bits per heavy atom. The largest absolute Gasteiger partial charge is 0.487 e. The Bertz CT molecular complexity index is 811. The molecule has 3 aliphatic rings. The monoisotopic (exact) mass is 351 g/mol. The molecule has 5 rings (SSSR count). The molecule has 0 unspecified atom stereocenters. The van der Waals surface area contributed by atoms with E-state index in [0.29, 0.717) is 11.7 Å². The van der Waals surface area contributed by atoms with Crippen molar-refractivity contribution < 1.29 is 9.47 Å². The van der Waals surface area contributed by atoms with E-state index in [1.54, 1.807) is 19.4 Å². The van der Waals surface area contributed by atoms with E-state index >= 15 is 0 Å². The lowest BCUT2D eigenvalue weighted by atomic mass is 9.83. The molecule has 1 aromatic heterocycles. The van der Waals surface area contributed by atoms with Crippen molar-refractivity contribution in [2.24, 2.45) is 0 Å². The average Bonchev–Trinajstić information content (AvgIpc) is 2.99. The lowest BCUT2D eigenvalue weighted by Gasteiger charge is -2.45. The third-order valence-corrected chi connectivity index (χ3v) is 6.30. The second-order valence-corrected chi connectivity index (χ2v) is 7.83. The predicted octanol–water partition coefficient (Wildman–Crippen LogP) is 3.47. The van der Waals surface area contributed by atoms with Crippen molar-refractivity contribution in [3.63, 3.8) is 0 Å². The molecule has 5 nitrogen and oxygen atoms in total. The molecular formula is C21H25N3O2. The second-order valence-electron chi connectivity index (χ2n) is 7.83. The molecule has 26 heavy (non-hydrogen) atoms. The molecule has 0 bridgehead atoms. The van der Waals surface area contributed by atoms with E-state index in [2.05, 4.69) is 33.1 Å². The van der Waals surface area contributed by atoms with Gasteiger partial charge in [-0.05, 0) is 36.6 Å². The third-order valence-electron chi connectivity index (χ3n) is 6.30. The molecule has 2 aliphatic heterocycles. The Labute approximate surface area is 154 Å². The van der Waals surface area contributed by atoms with Crippen molar-refractivity contribution >= 4 is 0 Å². The van der Waals surface area contributed by atoms with Crippen LogP contribution in [-0.2, 0) is 6.42 Å². The molecule has 0 radical (unpaired) electrons. The lowest BCUT2D eigenvalue weighted by Crippen LogP contribution is -2.52. The molecule has 0 N–H and O–H groups in total. The van der Waals surface area contributed by atoms with E-state index in [1.165, 1.54) is 37.9 Å². The number of ether oxygens (including phenoxy) is 2. The summed E-state index contributed by atoms with van der Waals surface area (Å²) < 4.78 is 11.7. The van der Waals surface area contributed by atoms with Gasteiger partial charge in [0.25, 0.3) is 0 Å². The van der Waals surface area contributed by atoms with E-state index < -0.39 is 0 Å². The fraction of sp³-hybridized carbons (Fsp3) is 0.524. The highest BCUT2D eigenvalue weighted by Gasteiger charge is 2.43. The fourth-order valence-corrected chi connectivity index (χ4v) is 4.49. The van der Waals surface area contributed by atoms with Gasteiger partial charge in [0.1, 0.15) is 11.4 Å². The summed E-state index contributed by atoms with van der Waals surface area (Å²) in [6.07, 6.45) is 9.17. The topological polar surface area (TPSA) is 47.5 Å². The van der Waals surface area contributed by atoms with E-state index in [9.17, 15) is 0 Å². The standard InChI is InChI=1S/C21H25N3O2/c1-25-19-7-10-22-20(23-19)15-5-6-18-16(13-15)14-21(26-18)8-11-24(12-9-21)17-3-2-4-17/h5-7,10,13,17H,2-4,8-9,11-12,14H2,1H3. The summed E-state index contributed by atoms with van der Waals surface area (Å²) in [4.78, 5) is 11.5. The molecule has 5 heteroatoms. The number of nitrogens with zero attached hydrogens (tertiary/aromatic N) is 3. The van der Waals surface area contributed by atoms with Crippen molar-refractivity contribution in [1.29, 1.82) is 0 Å². The highest BCUT2D eigenvalue weighted by molar-refractivity contribution is 5.60. The van der Waals surface area contributed by atoms with Gasteiger partial charge in [0.2, 0.25) is 5.88 Å². The lowest BCUT2D eigenvalue weighted by molar-refractivity contribution is -0.00746. The van der Waals surface area contributed by atoms with Crippen LogP contribution in [0, 0.1) is 0 Å². The van der Waals surface area contributed by atoms with Crippen LogP contribution in [0.5, 0.6) is 11.6 Å². The third kappa shape index (κ3) is 2.75. The number of methoxy groups -OCH3 is 1. The number of hydrogen-bond donors (Lipinski definition) is 0. The molecule has 1 saturated carbocycles. The Balaban J connectivity index is 1.33. The van der Waals surface area contributed by atoms with Gasteiger partial charge in [0.05, 0.1) is 7.11 Å². The van der Waals surface area contributed by atoms with Gasteiger partial charge in [0, 0.05) is 56.2 Å². The summed E-state index contributed by atoms with van der Waals surface area (Å²) in [5, 5.41) is 0. The number of piperidine rings is 1. The van der Waals surface area contributed by atoms with Gasteiger partial charge in [0.15, 0.2) is 5.82 Å². The van der Waals surface area contributed by atoms with Crippen LogP contribution in [0.25, 0.3) is 11.4 Å². The van der Waals surface area contributed by atoms with Crippen LogP contribution in [0.15, 0.2) is 30.5 Å². The smallest absolute Gasteiger partial charge is 0.216 e. The zero-order chi connectivity index (χ0) is 17.6. The molecule has 0 atom stereocenters. The van der Waals surface area contributed by atoms with Crippen molar-refractivity contribution in [2.45, 2.75) is 50.2 Å². The molecule has 1 aromatic carbocycles. The van der Waals surface area contributed by atoms with Crippen LogP contribution < -0.4 is 9.47 Å². The highest BCUT2D eigenvalue weighted by Crippen LogP contribution is 2.43. The van der Waals surface area contributed by atoms with Gasteiger partial charge >= 0.3 is 0 Å². The summed E-state index contributed by atoms with van der Waals surface area (Å²) in [6, 6.07) is 8.94. The summed E-state index contributed by atoms with van der Waals surface area (Å²) in [5.41, 5.74) is 2.30.